The van der Waals surface area contributed by atoms with Crippen LogP contribution >= 0.6 is 0 Å². The monoisotopic (exact) mass is 311 g/mol. The fraction of sp³-hybridized carbons (Fsp3) is 0.474. The number of nitrogens with one attached hydrogen (secondary N) is 1. The van der Waals surface area contributed by atoms with E-state index in [2.05, 4.69) is 11.4 Å². The molecule has 2 fully saturated rings. The number of carboxylic acid groups (broad SMARTS) is 1. The summed E-state index contributed by atoms with van der Waals surface area (Å²) in [4.78, 5) is 24.7. The Balaban J connectivity index is 1.64. The van der Waals surface area contributed by atoms with Gasteiger partial charge in [-0.1, -0.05) is 24.3 Å². The highest BCUT2D eigenvalue weighted by Gasteiger charge is 2.70. The number of carboxylic acids is 1. The molecule has 1 aromatic carbocycles. The van der Waals surface area contributed by atoms with Crippen LogP contribution in [0.5, 0.6) is 0 Å². The van der Waals surface area contributed by atoms with E-state index in [1.165, 1.54) is 0 Å². The van der Waals surface area contributed by atoms with Crippen LogP contribution in [0.1, 0.15) is 24.0 Å². The molecule has 1 aromatic rings. The number of carbonyl (C=O) groups excluding carboxylic acids is 1. The molecule has 1 amide bonds. The Morgan fingerprint density at radius 2 is 1.78 bits per heavy atom. The molecule has 120 valence electrons. The van der Waals surface area contributed by atoms with Crippen LogP contribution in [0, 0.1) is 42.9 Å². The third-order valence-electron chi connectivity index (χ3n) is 6.08. The van der Waals surface area contributed by atoms with E-state index in [9.17, 15) is 14.7 Å². The van der Waals surface area contributed by atoms with E-state index in [0.717, 1.165) is 29.7 Å². The Hall–Kier alpha value is -2.10. The molecule has 0 heterocycles. The topological polar surface area (TPSA) is 66.4 Å². The van der Waals surface area contributed by atoms with Crippen LogP contribution in [-0.4, -0.2) is 17.0 Å². The molecule has 4 heteroatoms. The summed E-state index contributed by atoms with van der Waals surface area (Å²) in [6, 6.07) is 5.92. The number of hydrogen-bond acceptors (Lipinski definition) is 2. The van der Waals surface area contributed by atoms with Crippen LogP contribution in [0.15, 0.2) is 30.4 Å². The lowest BCUT2D eigenvalue weighted by Gasteiger charge is -2.24. The van der Waals surface area contributed by atoms with Crippen molar-refractivity contribution in [3.8, 4) is 0 Å². The summed E-state index contributed by atoms with van der Waals surface area (Å²) in [6.45, 7) is 3.93. The van der Waals surface area contributed by atoms with Crippen molar-refractivity contribution in [1.29, 1.82) is 0 Å². The molecular weight excluding hydrogens is 290 g/mol. The first-order valence-electron chi connectivity index (χ1n) is 8.23. The second-order valence-electron chi connectivity index (χ2n) is 7.37. The zero-order chi connectivity index (χ0) is 16.4. The predicted molar refractivity (Wildman–Crippen MR) is 86.9 cm³/mol. The fourth-order valence-corrected chi connectivity index (χ4v) is 4.78. The van der Waals surface area contributed by atoms with Gasteiger partial charge in [0, 0.05) is 5.69 Å². The van der Waals surface area contributed by atoms with Crippen molar-refractivity contribution >= 4 is 17.6 Å². The number of aliphatic carboxylic acids is 1. The van der Waals surface area contributed by atoms with Crippen molar-refractivity contribution < 1.29 is 14.7 Å². The van der Waals surface area contributed by atoms with Gasteiger partial charge in [-0.3, -0.25) is 9.59 Å². The normalized spacial score (nSPS) is 32.3. The van der Waals surface area contributed by atoms with E-state index in [0.29, 0.717) is 0 Å². The van der Waals surface area contributed by atoms with Crippen LogP contribution in [-0.2, 0) is 9.59 Å². The molecule has 0 aromatic heterocycles. The third kappa shape index (κ3) is 1.97. The van der Waals surface area contributed by atoms with E-state index in [1.54, 1.807) is 0 Å². The van der Waals surface area contributed by atoms with Gasteiger partial charge in [-0.2, -0.15) is 0 Å². The number of benzene rings is 1. The second-order valence-corrected chi connectivity index (χ2v) is 7.37. The summed E-state index contributed by atoms with van der Waals surface area (Å²) in [5.41, 5.74) is 2.92. The average molecular weight is 311 g/mol. The van der Waals surface area contributed by atoms with Gasteiger partial charge < -0.3 is 10.4 Å². The van der Waals surface area contributed by atoms with Crippen molar-refractivity contribution in [1.82, 2.24) is 0 Å². The maximum atomic E-state index is 12.9. The molecule has 0 saturated heterocycles. The smallest absolute Gasteiger partial charge is 0.307 e. The van der Waals surface area contributed by atoms with Gasteiger partial charge in [0.2, 0.25) is 5.91 Å². The van der Waals surface area contributed by atoms with E-state index in [4.69, 9.17) is 0 Å². The number of carbonyl (C=O) groups is 2. The van der Waals surface area contributed by atoms with Crippen LogP contribution in [0.2, 0.25) is 0 Å². The molecule has 2 saturated carbocycles. The maximum absolute atomic E-state index is 12.9. The molecule has 1 spiro atoms. The SMILES string of the molecule is Cc1ccc(C)c(NC(=O)C2C(C(=O)O)C3C=CC2C32CC2)c1. The standard InChI is InChI=1S/C19H21NO3/c1-10-3-4-11(2)14(9-10)20-17(21)15-12-5-6-13(16(15)18(22)23)19(12)7-8-19/h3-6,9,12-13,15-16H,7-8H2,1-2H3,(H,20,21)(H,22,23). The molecule has 4 rings (SSSR count). The van der Waals surface area contributed by atoms with E-state index < -0.39 is 17.8 Å². The molecular formula is C19H21NO3. The van der Waals surface area contributed by atoms with Crippen LogP contribution in [0.3, 0.4) is 0 Å². The molecule has 4 unspecified atom stereocenters. The molecule has 3 aliphatic carbocycles. The highest BCUT2D eigenvalue weighted by Crippen LogP contribution is 2.72. The number of rotatable bonds is 3. The van der Waals surface area contributed by atoms with Crippen molar-refractivity contribution in [3.63, 3.8) is 0 Å². The van der Waals surface area contributed by atoms with E-state index in [1.807, 2.05) is 38.1 Å². The molecule has 3 aliphatic rings. The summed E-state index contributed by atoms with van der Waals surface area (Å²) in [5.74, 6) is -1.91. The first-order chi connectivity index (χ1) is 10.9. The van der Waals surface area contributed by atoms with Gasteiger partial charge in [0.1, 0.15) is 0 Å². The second kappa shape index (κ2) is 4.70. The van der Waals surface area contributed by atoms with Gasteiger partial charge in [0.05, 0.1) is 11.8 Å². The minimum Gasteiger partial charge on any atom is -0.481 e. The lowest BCUT2D eigenvalue weighted by Crippen LogP contribution is -2.36. The maximum Gasteiger partial charge on any atom is 0.307 e. The van der Waals surface area contributed by atoms with Gasteiger partial charge >= 0.3 is 5.97 Å². The van der Waals surface area contributed by atoms with Gasteiger partial charge in [-0.25, -0.2) is 0 Å². The molecule has 4 nitrogen and oxygen atoms in total. The summed E-state index contributed by atoms with van der Waals surface area (Å²) >= 11 is 0. The first-order valence-corrected chi connectivity index (χ1v) is 8.23. The van der Waals surface area contributed by atoms with E-state index in [-0.39, 0.29) is 23.2 Å². The molecule has 2 bridgehead atoms. The number of anilines is 1. The Labute approximate surface area is 135 Å². The van der Waals surface area contributed by atoms with Crippen LogP contribution in [0.4, 0.5) is 5.69 Å². The van der Waals surface area contributed by atoms with Gasteiger partial charge in [0.25, 0.3) is 0 Å². The van der Waals surface area contributed by atoms with Gasteiger partial charge in [-0.15, -0.1) is 0 Å². The quantitative estimate of drug-likeness (QED) is 0.843. The number of aryl methyl sites for hydroxylation is 2. The minimum absolute atomic E-state index is 0.0272. The van der Waals surface area contributed by atoms with E-state index >= 15 is 0 Å². The Kier molecular flexibility index (Phi) is 2.96. The van der Waals surface area contributed by atoms with Crippen molar-refractivity contribution in [2.75, 3.05) is 5.32 Å². The van der Waals surface area contributed by atoms with Crippen LogP contribution in [0.25, 0.3) is 0 Å². The Bertz CT molecular complexity index is 732. The van der Waals surface area contributed by atoms with Gasteiger partial charge in [-0.05, 0) is 61.1 Å². The molecule has 4 atom stereocenters. The Morgan fingerprint density at radius 3 is 2.39 bits per heavy atom. The zero-order valence-corrected chi connectivity index (χ0v) is 13.4. The number of amides is 1. The average Bonchev–Trinajstić information content (AvgIpc) is 3.16. The lowest BCUT2D eigenvalue weighted by atomic mass is 9.82. The summed E-state index contributed by atoms with van der Waals surface area (Å²) in [7, 11) is 0. The van der Waals surface area contributed by atoms with Crippen molar-refractivity contribution in [2.24, 2.45) is 29.1 Å². The predicted octanol–water partition coefficient (Wildman–Crippen LogP) is 3.15. The number of allylic oxidation sites excluding steroid dienone is 2. The summed E-state index contributed by atoms with van der Waals surface area (Å²) < 4.78 is 0. The zero-order valence-electron chi connectivity index (χ0n) is 13.4. The largest absolute Gasteiger partial charge is 0.481 e. The third-order valence-corrected chi connectivity index (χ3v) is 6.08. The minimum atomic E-state index is -0.839. The molecule has 0 aliphatic heterocycles. The summed E-state index contributed by atoms with van der Waals surface area (Å²) in [5, 5.41) is 12.7. The highest BCUT2D eigenvalue weighted by atomic mass is 16.4. The summed E-state index contributed by atoms with van der Waals surface area (Å²) in [6.07, 6.45) is 6.22. The van der Waals surface area contributed by atoms with Crippen LogP contribution < -0.4 is 5.32 Å². The molecule has 23 heavy (non-hydrogen) atoms. The molecule has 0 radical (unpaired) electrons. The fourth-order valence-electron chi connectivity index (χ4n) is 4.78. The van der Waals surface area contributed by atoms with Crippen molar-refractivity contribution in [3.05, 3.63) is 41.5 Å². The Morgan fingerprint density at radius 1 is 1.13 bits per heavy atom. The highest BCUT2D eigenvalue weighted by molar-refractivity contribution is 5.97. The van der Waals surface area contributed by atoms with Gasteiger partial charge in [0.15, 0.2) is 0 Å². The lowest BCUT2D eigenvalue weighted by molar-refractivity contribution is -0.146. The molecule has 2 N–H and O–H groups in total. The first kappa shape index (κ1) is 14.5. The number of hydrogen-bond donors (Lipinski definition) is 2. The van der Waals surface area contributed by atoms with Crippen molar-refractivity contribution in [2.45, 2.75) is 26.7 Å².